The van der Waals surface area contributed by atoms with Gasteiger partial charge in [-0.3, -0.25) is 4.79 Å². The van der Waals surface area contributed by atoms with E-state index in [0.29, 0.717) is 5.56 Å². The number of carbonyl (C=O) groups is 1. The second kappa shape index (κ2) is 8.50. The fourth-order valence-electron chi connectivity index (χ4n) is 4.63. The first kappa shape index (κ1) is 20.3. The van der Waals surface area contributed by atoms with Gasteiger partial charge in [0.15, 0.2) is 0 Å². The van der Waals surface area contributed by atoms with Gasteiger partial charge in [-0.2, -0.15) is 5.10 Å². The number of hydrogen-bond donors (Lipinski definition) is 0. The Kier molecular flexibility index (Phi) is 5.39. The zero-order valence-electron chi connectivity index (χ0n) is 17.4. The monoisotopic (exact) mass is 428 g/mol. The minimum Gasteiger partial charge on any atom is -0.267 e. The molecule has 0 bridgehead atoms. The molecule has 5 heteroatoms. The first-order valence-electron chi connectivity index (χ1n) is 10.8. The van der Waals surface area contributed by atoms with Crippen molar-refractivity contribution in [3.8, 4) is 0 Å². The molecule has 2 atom stereocenters. The molecule has 3 aromatic carbocycles. The summed E-state index contributed by atoms with van der Waals surface area (Å²) in [5.41, 5.74) is 4.27. The van der Waals surface area contributed by atoms with Crippen molar-refractivity contribution in [2.24, 2.45) is 11.0 Å². The molecule has 1 aliphatic heterocycles. The highest BCUT2D eigenvalue weighted by Gasteiger charge is 2.43. The average molecular weight is 428 g/mol. The number of nitrogens with zero attached hydrogens (tertiary/aromatic N) is 2. The summed E-state index contributed by atoms with van der Waals surface area (Å²) in [7, 11) is 0. The van der Waals surface area contributed by atoms with Crippen LogP contribution in [-0.4, -0.2) is 16.6 Å². The lowest BCUT2D eigenvalue weighted by atomic mass is 9.77. The van der Waals surface area contributed by atoms with Crippen LogP contribution in [-0.2, 0) is 0 Å². The maximum Gasteiger partial charge on any atom is 0.274 e. The van der Waals surface area contributed by atoms with Gasteiger partial charge >= 0.3 is 0 Å². The van der Waals surface area contributed by atoms with E-state index in [0.717, 1.165) is 41.7 Å². The molecule has 160 valence electrons. The Labute approximate surface area is 185 Å². The van der Waals surface area contributed by atoms with Crippen LogP contribution < -0.4 is 0 Å². The normalized spacial score (nSPS) is 21.4. The van der Waals surface area contributed by atoms with Gasteiger partial charge in [-0.05, 0) is 78.4 Å². The number of carbonyl (C=O) groups excluding carboxylic acids is 1. The predicted molar refractivity (Wildman–Crippen MR) is 121 cm³/mol. The number of amides is 1. The quantitative estimate of drug-likeness (QED) is 0.475. The summed E-state index contributed by atoms with van der Waals surface area (Å²) >= 11 is 0. The minimum atomic E-state index is -0.311. The molecule has 0 radical (unpaired) electrons. The number of fused-ring (bicyclic) bond motifs is 1. The molecule has 1 saturated carbocycles. The molecule has 1 amide bonds. The number of hydrazone groups is 1. The molecule has 2 aliphatic rings. The van der Waals surface area contributed by atoms with Crippen LogP contribution in [0.15, 0.2) is 89.5 Å². The van der Waals surface area contributed by atoms with Gasteiger partial charge < -0.3 is 0 Å². The molecule has 0 saturated heterocycles. The third-order valence-electron chi connectivity index (χ3n) is 6.15. The van der Waals surface area contributed by atoms with Crippen LogP contribution in [0.5, 0.6) is 0 Å². The maximum atomic E-state index is 13.6. The van der Waals surface area contributed by atoms with Gasteiger partial charge in [0.25, 0.3) is 5.91 Å². The summed E-state index contributed by atoms with van der Waals surface area (Å²) in [5, 5.41) is 6.39. The van der Waals surface area contributed by atoms with Gasteiger partial charge in [0.05, 0.1) is 11.8 Å². The van der Waals surface area contributed by atoms with E-state index >= 15 is 0 Å². The van der Waals surface area contributed by atoms with E-state index in [9.17, 15) is 13.6 Å². The summed E-state index contributed by atoms with van der Waals surface area (Å²) in [5.74, 6) is -0.742. The highest BCUT2D eigenvalue weighted by molar-refractivity contribution is 6.09. The van der Waals surface area contributed by atoms with E-state index in [2.05, 4.69) is 0 Å². The van der Waals surface area contributed by atoms with E-state index in [1.54, 1.807) is 41.4 Å². The fourth-order valence-corrected chi connectivity index (χ4v) is 4.63. The molecule has 3 aromatic rings. The van der Waals surface area contributed by atoms with E-state index in [1.165, 1.54) is 24.3 Å². The van der Waals surface area contributed by atoms with E-state index in [4.69, 9.17) is 5.10 Å². The molecule has 1 fully saturated rings. The fraction of sp³-hybridized carbons (Fsp3) is 0.185. The number of allylic oxidation sites excluding steroid dienone is 1. The van der Waals surface area contributed by atoms with Gasteiger partial charge in [0.1, 0.15) is 11.6 Å². The van der Waals surface area contributed by atoms with Crippen molar-refractivity contribution in [1.82, 2.24) is 5.01 Å². The lowest BCUT2D eigenvalue weighted by Crippen LogP contribution is -2.31. The molecular formula is C27H22F2N2O. The summed E-state index contributed by atoms with van der Waals surface area (Å²) in [6.45, 7) is 0. The van der Waals surface area contributed by atoms with Crippen molar-refractivity contribution in [3.05, 3.63) is 113 Å². The highest BCUT2D eigenvalue weighted by atomic mass is 19.1. The number of hydrogen-bond acceptors (Lipinski definition) is 2. The topological polar surface area (TPSA) is 32.7 Å². The van der Waals surface area contributed by atoms with Gasteiger partial charge in [-0.15, -0.1) is 0 Å². The SMILES string of the molecule is O=C(c1ccccc1)N1N=C2/C(=C/c3ccc(F)cc3)CCC[C@@H]2[C@@H]1c1ccc(F)cc1. The van der Waals surface area contributed by atoms with Crippen LogP contribution in [0.4, 0.5) is 8.78 Å². The summed E-state index contributed by atoms with van der Waals surface area (Å²) < 4.78 is 26.9. The van der Waals surface area contributed by atoms with Crippen LogP contribution in [0.1, 0.15) is 46.8 Å². The zero-order chi connectivity index (χ0) is 22.1. The van der Waals surface area contributed by atoms with Crippen molar-refractivity contribution in [3.63, 3.8) is 0 Å². The largest absolute Gasteiger partial charge is 0.274 e. The maximum absolute atomic E-state index is 13.6. The van der Waals surface area contributed by atoms with Crippen LogP contribution in [0.3, 0.4) is 0 Å². The number of rotatable bonds is 3. The standard InChI is InChI=1S/C27H22F2N2O/c28-22-13-9-18(10-14-22)17-21-7-4-8-24-25(21)30-31(27(32)20-5-2-1-3-6-20)26(24)19-11-15-23(29)16-12-19/h1-3,5-6,9-17,24,26H,4,7-8H2/b21-17+/t24-,26-/m0/s1. The lowest BCUT2D eigenvalue weighted by Gasteiger charge is -2.29. The molecule has 5 rings (SSSR count). The molecule has 0 spiro atoms. The average Bonchev–Trinajstić information content (AvgIpc) is 3.22. The van der Waals surface area contributed by atoms with Crippen LogP contribution in [0, 0.1) is 17.6 Å². The molecule has 3 nitrogen and oxygen atoms in total. The first-order chi connectivity index (χ1) is 15.6. The Morgan fingerprint density at radius 2 is 1.56 bits per heavy atom. The Balaban J connectivity index is 1.57. The Morgan fingerprint density at radius 3 is 2.25 bits per heavy atom. The molecule has 0 unspecified atom stereocenters. The Hall–Kier alpha value is -3.60. The number of benzene rings is 3. The molecule has 0 aromatic heterocycles. The smallest absolute Gasteiger partial charge is 0.267 e. The summed E-state index contributed by atoms with van der Waals surface area (Å²) in [6, 6.07) is 21.5. The minimum absolute atomic E-state index is 0.0218. The third kappa shape index (κ3) is 3.86. The van der Waals surface area contributed by atoms with Crippen LogP contribution in [0.2, 0.25) is 0 Å². The van der Waals surface area contributed by atoms with Crippen molar-refractivity contribution < 1.29 is 13.6 Å². The van der Waals surface area contributed by atoms with E-state index in [-0.39, 0.29) is 29.5 Å². The Bertz CT molecular complexity index is 1180. The van der Waals surface area contributed by atoms with Crippen molar-refractivity contribution in [1.29, 1.82) is 0 Å². The predicted octanol–water partition coefficient (Wildman–Crippen LogP) is 6.40. The zero-order valence-corrected chi connectivity index (χ0v) is 17.4. The van der Waals surface area contributed by atoms with E-state index in [1.807, 2.05) is 24.3 Å². The Morgan fingerprint density at radius 1 is 0.906 bits per heavy atom. The van der Waals surface area contributed by atoms with E-state index < -0.39 is 0 Å². The van der Waals surface area contributed by atoms with Gasteiger partial charge in [-0.25, -0.2) is 13.8 Å². The molecule has 32 heavy (non-hydrogen) atoms. The molecular weight excluding hydrogens is 406 g/mol. The number of halogens is 2. The first-order valence-corrected chi connectivity index (χ1v) is 10.8. The van der Waals surface area contributed by atoms with Gasteiger partial charge in [-0.1, -0.05) is 42.5 Å². The molecule has 1 aliphatic carbocycles. The third-order valence-corrected chi connectivity index (χ3v) is 6.15. The van der Waals surface area contributed by atoms with Crippen molar-refractivity contribution in [2.45, 2.75) is 25.3 Å². The van der Waals surface area contributed by atoms with Crippen molar-refractivity contribution >= 4 is 17.7 Å². The molecule has 0 N–H and O–H groups in total. The van der Waals surface area contributed by atoms with Gasteiger partial charge in [0, 0.05) is 11.5 Å². The lowest BCUT2D eigenvalue weighted by molar-refractivity contribution is 0.0681. The van der Waals surface area contributed by atoms with Crippen LogP contribution >= 0.6 is 0 Å². The van der Waals surface area contributed by atoms with Gasteiger partial charge in [0.2, 0.25) is 0 Å². The summed E-state index contributed by atoms with van der Waals surface area (Å²) in [6.07, 6.45) is 4.72. The summed E-state index contributed by atoms with van der Waals surface area (Å²) in [4.78, 5) is 13.4. The van der Waals surface area contributed by atoms with Crippen molar-refractivity contribution in [2.75, 3.05) is 0 Å². The second-order valence-electron chi connectivity index (χ2n) is 8.22. The molecule has 1 heterocycles. The highest BCUT2D eigenvalue weighted by Crippen LogP contribution is 2.44. The van der Waals surface area contributed by atoms with Crippen LogP contribution in [0.25, 0.3) is 6.08 Å². The second-order valence-corrected chi connectivity index (χ2v) is 8.22.